The summed E-state index contributed by atoms with van der Waals surface area (Å²) < 4.78 is 0. The highest BCUT2D eigenvalue weighted by molar-refractivity contribution is 5.80. The molecule has 0 spiro atoms. The highest BCUT2D eigenvalue weighted by Crippen LogP contribution is 2.07. The molecule has 0 aliphatic rings. The summed E-state index contributed by atoms with van der Waals surface area (Å²) in [7, 11) is 0. The fourth-order valence-corrected chi connectivity index (χ4v) is 1.78. The molecule has 0 fully saturated rings. The normalized spacial score (nSPS) is 10.2. The van der Waals surface area contributed by atoms with Crippen molar-refractivity contribution in [2.75, 3.05) is 0 Å². The summed E-state index contributed by atoms with van der Waals surface area (Å²) in [5.74, 6) is 0.527. The predicted molar refractivity (Wildman–Crippen MR) is 68.9 cm³/mol. The molecule has 0 unspecified atom stereocenters. The smallest absolute Gasteiger partial charge is 0.137 e. The molecule has 0 bridgehead atoms. The van der Waals surface area contributed by atoms with E-state index in [0.717, 1.165) is 24.8 Å². The van der Waals surface area contributed by atoms with E-state index in [0.29, 0.717) is 25.0 Å². The zero-order chi connectivity index (χ0) is 12.5. The van der Waals surface area contributed by atoms with Crippen molar-refractivity contribution in [2.45, 2.75) is 45.4 Å². The van der Waals surface area contributed by atoms with Crippen molar-refractivity contribution in [1.29, 1.82) is 0 Å². The van der Waals surface area contributed by atoms with Crippen LogP contribution in [0.15, 0.2) is 30.3 Å². The number of Topliss-reactive ketones (excluding diaryl/α,β-unsaturated/α-hetero) is 2. The second kappa shape index (κ2) is 7.77. The van der Waals surface area contributed by atoms with Crippen LogP contribution in [0.1, 0.15) is 44.6 Å². The molecule has 2 heteroatoms. The number of benzene rings is 1. The summed E-state index contributed by atoms with van der Waals surface area (Å²) in [5, 5.41) is 0. The molecule has 0 amide bonds. The predicted octanol–water partition coefficient (Wildman–Crippen LogP) is 3.34. The van der Waals surface area contributed by atoms with E-state index < -0.39 is 0 Å². The van der Waals surface area contributed by atoms with Crippen LogP contribution >= 0.6 is 0 Å². The molecule has 0 radical (unpaired) electrons. The van der Waals surface area contributed by atoms with E-state index in [9.17, 15) is 9.59 Å². The number of hydrogen-bond acceptors (Lipinski definition) is 2. The van der Waals surface area contributed by atoms with Crippen LogP contribution in [0.4, 0.5) is 0 Å². The summed E-state index contributed by atoms with van der Waals surface area (Å²) in [6, 6.07) is 9.82. The minimum atomic E-state index is 0.237. The third-order valence-electron chi connectivity index (χ3n) is 2.73. The van der Waals surface area contributed by atoms with Gasteiger partial charge in [0.1, 0.15) is 11.6 Å². The summed E-state index contributed by atoms with van der Waals surface area (Å²) >= 11 is 0. The van der Waals surface area contributed by atoms with Gasteiger partial charge in [-0.05, 0) is 25.3 Å². The maximum Gasteiger partial charge on any atom is 0.137 e. The third kappa shape index (κ3) is 6.67. The molecular formula is C15H20O2. The first kappa shape index (κ1) is 13.6. The van der Waals surface area contributed by atoms with Gasteiger partial charge in [-0.1, -0.05) is 36.8 Å². The maximum absolute atomic E-state index is 11.6. The Balaban J connectivity index is 2.12. The maximum atomic E-state index is 11.6. The fraction of sp³-hybridized carbons (Fsp3) is 0.467. The second-order valence-electron chi connectivity index (χ2n) is 4.46. The van der Waals surface area contributed by atoms with Crippen molar-refractivity contribution in [2.24, 2.45) is 0 Å². The van der Waals surface area contributed by atoms with E-state index >= 15 is 0 Å². The van der Waals surface area contributed by atoms with Crippen LogP contribution in [-0.4, -0.2) is 11.6 Å². The van der Waals surface area contributed by atoms with Crippen molar-refractivity contribution >= 4 is 11.6 Å². The highest BCUT2D eigenvalue weighted by Gasteiger charge is 2.03. The molecule has 92 valence electrons. The first-order valence-electron chi connectivity index (χ1n) is 6.23. The van der Waals surface area contributed by atoms with Crippen molar-refractivity contribution in [3.05, 3.63) is 35.9 Å². The van der Waals surface area contributed by atoms with Gasteiger partial charge >= 0.3 is 0 Å². The Bertz CT molecular complexity index is 354. The molecule has 0 heterocycles. The van der Waals surface area contributed by atoms with Crippen molar-refractivity contribution < 1.29 is 9.59 Å². The highest BCUT2D eigenvalue weighted by atomic mass is 16.1. The molecule has 1 rings (SSSR count). The second-order valence-corrected chi connectivity index (χ2v) is 4.46. The molecule has 0 aromatic heterocycles. The van der Waals surface area contributed by atoms with Crippen LogP contribution in [0.2, 0.25) is 0 Å². The van der Waals surface area contributed by atoms with E-state index in [1.807, 2.05) is 30.3 Å². The number of hydrogen-bond donors (Lipinski definition) is 0. The Morgan fingerprint density at radius 1 is 0.941 bits per heavy atom. The molecule has 0 N–H and O–H groups in total. The van der Waals surface area contributed by atoms with Gasteiger partial charge in [-0.15, -0.1) is 0 Å². The number of ketones is 2. The SMILES string of the molecule is CC(=O)CCCCCC(=O)Cc1ccccc1. The monoisotopic (exact) mass is 232 g/mol. The van der Waals surface area contributed by atoms with Gasteiger partial charge in [-0.3, -0.25) is 4.79 Å². The summed E-state index contributed by atoms with van der Waals surface area (Å²) in [6.45, 7) is 1.61. The van der Waals surface area contributed by atoms with Crippen LogP contribution in [-0.2, 0) is 16.0 Å². The lowest BCUT2D eigenvalue weighted by molar-refractivity contribution is -0.118. The number of carbonyl (C=O) groups is 2. The van der Waals surface area contributed by atoms with E-state index in [2.05, 4.69) is 0 Å². The lowest BCUT2D eigenvalue weighted by Crippen LogP contribution is -2.02. The Labute approximate surface area is 103 Å². The number of unbranched alkanes of at least 4 members (excludes halogenated alkanes) is 2. The zero-order valence-electron chi connectivity index (χ0n) is 10.4. The van der Waals surface area contributed by atoms with Crippen molar-refractivity contribution in [3.63, 3.8) is 0 Å². The molecule has 0 atom stereocenters. The van der Waals surface area contributed by atoms with E-state index in [4.69, 9.17) is 0 Å². The van der Waals surface area contributed by atoms with Crippen molar-refractivity contribution in [1.82, 2.24) is 0 Å². The van der Waals surface area contributed by atoms with Gasteiger partial charge in [0.05, 0.1) is 0 Å². The molecule has 2 nitrogen and oxygen atoms in total. The average Bonchev–Trinajstić information content (AvgIpc) is 2.29. The molecular weight excluding hydrogens is 212 g/mol. The lowest BCUT2D eigenvalue weighted by atomic mass is 10.0. The molecule has 0 aliphatic carbocycles. The Kier molecular flexibility index (Phi) is 6.23. The minimum Gasteiger partial charge on any atom is -0.300 e. The van der Waals surface area contributed by atoms with Crippen LogP contribution in [0.5, 0.6) is 0 Å². The number of carbonyl (C=O) groups excluding carboxylic acids is 2. The van der Waals surface area contributed by atoms with Gasteiger partial charge in [-0.25, -0.2) is 0 Å². The van der Waals surface area contributed by atoms with Gasteiger partial charge < -0.3 is 4.79 Å². The standard InChI is InChI=1S/C15H20O2/c1-13(16)8-4-2-7-11-15(17)12-14-9-5-3-6-10-14/h3,5-6,9-10H,2,4,7-8,11-12H2,1H3. The van der Waals surface area contributed by atoms with Gasteiger partial charge in [0.25, 0.3) is 0 Å². The zero-order valence-corrected chi connectivity index (χ0v) is 10.4. The number of rotatable bonds is 8. The lowest BCUT2D eigenvalue weighted by Gasteiger charge is -2.01. The molecule has 0 saturated carbocycles. The van der Waals surface area contributed by atoms with E-state index in [1.54, 1.807) is 6.92 Å². The van der Waals surface area contributed by atoms with Crippen LogP contribution in [0, 0.1) is 0 Å². The third-order valence-corrected chi connectivity index (χ3v) is 2.73. The summed E-state index contributed by atoms with van der Waals surface area (Å²) in [5.41, 5.74) is 1.08. The Morgan fingerprint density at radius 2 is 1.59 bits per heavy atom. The topological polar surface area (TPSA) is 34.1 Å². The van der Waals surface area contributed by atoms with Crippen LogP contribution < -0.4 is 0 Å². The van der Waals surface area contributed by atoms with Crippen molar-refractivity contribution in [3.8, 4) is 0 Å². The van der Waals surface area contributed by atoms with Gasteiger partial charge in [0, 0.05) is 19.3 Å². The molecule has 0 saturated heterocycles. The quantitative estimate of drug-likeness (QED) is 0.644. The molecule has 1 aromatic rings. The summed E-state index contributed by atoms with van der Waals surface area (Å²) in [4.78, 5) is 22.4. The van der Waals surface area contributed by atoms with Gasteiger partial charge in [-0.2, -0.15) is 0 Å². The molecule has 1 aromatic carbocycles. The first-order chi connectivity index (χ1) is 8.18. The largest absolute Gasteiger partial charge is 0.300 e. The van der Waals surface area contributed by atoms with Gasteiger partial charge in [0.15, 0.2) is 0 Å². The average molecular weight is 232 g/mol. The van der Waals surface area contributed by atoms with E-state index in [-0.39, 0.29) is 5.78 Å². The molecule has 17 heavy (non-hydrogen) atoms. The van der Waals surface area contributed by atoms with Crippen LogP contribution in [0.25, 0.3) is 0 Å². The Hall–Kier alpha value is -1.44. The Morgan fingerprint density at radius 3 is 2.24 bits per heavy atom. The van der Waals surface area contributed by atoms with Crippen LogP contribution in [0.3, 0.4) is 0 Å². The minimum absolute atomic E-state index is 0.237. The summed E-state index contributed by atoms with van der Waals surface area (Å²) in [6.07, 6.45) is 4.60. The first-order valence-corrected chi connectivity index (χ1v) is 6.23. The molecule has 0 aliphatic heterocycles. The van der Waals surface area contributed by atoms with E-state index in [1.165, 1.54) is 0 Å². The fourth-order valence-electron chi connectivity index (χ4n) is 1.78. The van der Waals surface area contributed by atoms with Gasteiger partial charge in [0.2, 0.25) is 0 Å².